The molecule has 0 amide bonds. The lowest BCUT2D eigenvalue weighted by Gasteiger charge is -2.24. The van der Waals surface area contributed by atoms with Gasteiger partial charge in [0.15, 0.2) is 0 Å². The first kappa shape index (κ1) is 47.6. The van der Waals surface area contributed by atoms with E-state index in [0.29, 0.717) is 0 Å². The first-order chi connectivity index (χ1) is 19.2. The van der Waals surface area contributed by atoms with Gasteiger partial charge in [-0.15, -0.1) is 49.6 Å². The van der Waals surface area contributed by atoms with E-state index in [1.807, 2.05) is 0 Å². The molecule has 258 valence electrons. The van der Waals surface area contributed by atoms with E-state index in [2.05, 4.69) is 111 Å². The van der Waals surface area contributed by atoms with Crippen molar-refractivity contribution in [1.82, 2.24) is 19.6 Å². The summed E-state index contributed by atoms with van der Waals surface area (Å²) in [5.74, 6) is 1.13. The molecule has 0 aliphatic rings. The fraction of sp³-hybridized carbons (Fsp3) is 0.657. The highest BCUT2D eigenvalue weighted by Gasteiger charge is 2.15. The van der Waals surface area contributed by atoms with Crippen molar-refractivity contribution >= 4 is 49.6 Å². The van der Waals surface area contributed by atoms with Crippen LogP contribution in [0.1, 0.15) is 73.6 Å². The van der Waals surface area contributed by atoms with Crippen molar-refractivity contribution in [2.24, 2.45) is 0 Å². The Kier molecular flexibility index (Phi) is 30.8. The lowest BCUT2D eigenvalue weighted by Crippen LogP contribution is -2.25. The molecule has 2 aromatic carbocycles. The summed E-state index contributed by atoms with van der Waals surface area (Å²) >= 11 is 0. The molecule has 0 saturated heterocycles. The molecule has 0 N–H and O–H groups in total. The van der Waals surface area contributed by atoms with Gasteiger partial charge in [0.05, 0.1) is 6.61 Å². The van der Waals surface area contributed by atoms with E-state index in [1.54, 1.807) is 0 Å². The molecule has 9 heteroatoms. The number of nitrogens with zero attached hydrogens (tertiary/aromatic N) is 4. The molecule has 0 unspecified atom stereocenters. The summed E-state index contributed by atoms with van der Waals surface area (Å²) in [5, 5.41) is 0. The van der Waals surface area contributed by atoms with Gasteiger partial charge in [0, 0.05) is 24.2 Å². The highest BCUT2D eigenvalue weighted by Crippen LogP contribution is 2.29. The quantitative estimate of drug-likeness (QED) is 0.115. The summed E-state index contributed by atoms with van der Waals surface area (Å²) in [6.45, 7) is 9.33. The highest BCUT2D eigenvalue weighted by molar-refractivity contribution is 5.86. The average molecular weight is 699 g/mol. The van der Waals surface area contributed by atoms with Gasteiger partial charge in [-0.3, -0.25) is 0 Å². The fourth-order valence-corrected chi connectivity index (χ4v) is 5.36. The molecule has 2 rings (SSSR count). The van der Waals surface area contributed by atoms with Crippen LogP contribution < -0.4 is 4.74 Å². The monoisotopic (exact) mass is 696 g/mol. The van der Waals surface area contributed by atoms with Gasteiger partial charge in [-0.1, -0.05) is 73.7 Å². The minimum Gasteiger partial charge on any atom is -0.493 e. The van der Waals surface area contributed by atoms with Gasteiger partial charge in [-0.25, -0.2) is 0 Å². The van der Waals surface area contributed by atoms with Crippen molar-refractivity contribution in [3.8, 4) is 5.75 Å². The van der Waals surface area contributed by atoms with Gasteiger partial charge in [0.1, 0.15) is 5.75 Å². The number of hydrogen-bond donors (Lipinski definition) is 0. The first-order valence-electron chi connectivity index (χ1n) is 15.7. The maximum atomic E-state index is 6.63. The Morgan fingerprint density at radius 2 is 1.00 bits per heavy atom. The van der Waals surface area contributed by atoms with E-state index in [9.17, 15) is 0 Å². The number of unbranched alkanes of at least 4 members (excludes halogenated alkanes) is 5. The normalized spacial score (nSPS) is 10.8. The third-order valence-electron chi connectivity index (χ3n) is 7.51. The van der Waals surface area contributed by atoms with Crippen LogP contribution in [-0.4, -0.2) is 94.7 Å². The molecule has 0 spiro atoms. The topological polar surface area (TPSA) is 22.2 Å². The molecule has 2 aromatic rings. The number of aryl methyl sites for hydroxylation is 2. The van der Waals surface area contributed by atoms with Crippen molar-refractivity contribution in [2.75, 3.05) is 75.1 Å². The van der Waals surface area contributed by atoms with Gasteiger partial charge in [-0.05, 0) is 113 Å². The van der Waals surface area contributed by atoms with E-state index in [0.717, 1.165) is 58.0 Å². The molecule has 0 heterocycles. The Morgan fingerprint density at radius 3 is 1.48 bits per heavy atom. The van der Waals surface area contributed by atoms with Crippen LogP contribution in [0.15, 0.2) is 42.5 Å². The van der Waals surface area contributed by atoms with Gasteiger partial charge >= 0.3 is 0 Å². The number of rotatable bonds is 22. The van der Waals surface area contributed by atoms with Crippen molar-refractivity contribution in [2.45, 2.75) is 77.8 Å². The maximum Gasteiger partial charge on any atom is 0.128 e. The molecule has 44 heavy (non-hydrogen) atoms. The van der Waals surface area contributed by atoms with E-state index >= 15 is 0 Å². The SMILES string of the molecule is Cc1cc(CN(C)CCCN(C)C)c(OCCCCCCCCc2ccccc2)c(CN(C)CCCN(C)C)c1.Cl.Cl.Cl.Cl. The van der Waals surface area contributed by atoms with Gasteiger partial charge in [0.2, 0.25) is 0 Å². The zero-order valence-corrected chi connectivity index (χ0v) is 32.0. The first-order valence-corrected chi connectivity index (χ1v) is 15.7. The van der Waals surface area contributed by atoms with E-state index in [1.165, 1.54) is 73.6 Å². The van der Waals surface area contributed by atoms with Crippen LogP contribution in [0.3, 0.4) is 0 Å². The maximum absolute atomic E-state index is 6.63. The highest BCUT2D eigenvalue weighted by atomic mass is 35.5. The van der Waals surface area contributed by atoms with E-state index in [-0.39, 0.29) is 49.6 Å². The molecule has 0 aliphatic heterocycles. The molecule has 0 saturated carbocycles. The predicted octanol–water partition coefficient (Wildman–Crippen LogP) is 8.41. The summed E-state index contributed by atoms with van der Waals surface area (Å²) in [6.07, 6.45) is 11.2. The Balaban J connectivity index is -0.00000420. The standard InChI is InChI=1S/C35H60N4O.4ClH/c1-31-27-33(29-38(6)24-17-22-36(2)3)35(34(28-31)30-39(7)25-18-23-37(4)5)40-26-16-11-9-8-10-13-19-32-20-14-12-15-21-32;;;;/h12,14-15,20-21,27-28H,8-11,13,16-19,22-26,29-30H2,1-7H3;4*1H. The second kappa shape index (κ2) is 28.5. The summed E-state index contributed by atoms with van der Waals surface area (Å²) in [5.41, 5.74) is 5.47. The molecule has 0 atom stereocenters. The predicted molar refractivity (Wildman–Crippen MR) is 203 cm³/mol. The van der Waals surface area contributed by atoms with Crippen molar-refractivity contribution in [1.29, 1.82) is 0 Å². The lowest BCUT2D eigenvalue weighted by atomic mass is 10.0. The van der Waals surface area contributed by atoms with E-state index in [4.69, 9.17) is 4.74 Å². The van der Waals surface area contributed by atoms with Gasteiger partial charge in [0.25, 0.3) is 0 Å². The minimum atomic E-state index is 0. The summed E-state index contributed by atoms with van der Waals surface area (Å²) in [4.78, 5) is 9.43. The Labute approximate surface area is 296 Å². The van der Waals surface area contributed by atoms with Crippen LogP contribution in [0.2, 0.25) is 0 Å². The molecule has 0 fully saturated rings. The van der Waals surface area contributed by atoms with Crippen molar-refractivity contribution in [3.05, 3.63) is 64.7 Å². The molecule has 0 bridgehead atoms. The Morgan fingerprint density at radius 1 is 0.545 bits per heavy atom. The molecule has 0 radical (unpaired) electrons. The minimum absolute atomic E-state index is 0. The largest absolute Gasteiger partial charge is 0.493 e. The van der Waals surface area contributed by atoms with Crippen LogP contribution in [0.4, 0.5) is 0 Å². The Hall–Kier alpha value is -0.760. The zero-order chi connectivity index (χ0) is 29.2. The number of ether oxygens (including phenoxy) is 1. The van der Waals surface area contributed by atoms with Crippen LogP contribution in [0.25, 0.3) is 0 Å². The summed E-state index contributed by atoms with van der Waals surface area (Å²) < 4.78 is 6.63. The number of hydrogen-bond acceptors (Lipinski definition) is 5. The van der Waals surface area contributed by atoms with Gasteiger partial charge in [-0.2, -0.15) is 0 Å². The average Bonchev–Trinajstić information content (AvgIpc) is 2.89. The number of halogens is 4. The molecule has 0 aliphatic carbocycles. The summed E-state index contributed by atoms with van der Waals surface area (Å²) in [6, 6.07) is 15.6. The Bertz CT molecular complexity index is 891. The zero-order valence-electron chi connectivity index (χ0n) is 28.7. The third-order valence-corrected chi connectivity index (χ3v) is 7.51. The second-order valence-corrected chi connectivity index (χ2v) is 12.4. The third kappa shape index (κ3) is 21.9. The van der Waals surface area contributed by atoms with Crippen LogP contribution >= 0.6 is 49.6 Å². The van der Waals surface area contributed by atoms with Crippen LogP contribution in [0.5, 0.6) is 5.75 Å². The van der Waals surface area contributed by atoms with Crippen molar-refractivity contribution in [3.63, 3.8) is 0 Å². The molecular weight excluding hydrogens is 634 g/mol. The number of benzene rings is 2. The van der Waals surface area contributed by atoms with Crippen LogP contribution in [-0.2, 0) is 19.5 Å². The van der Waals surface area contributed by atoms with E-state index < -0.39 is 0 Å². The lowest BCUT2D eigenvalue weighted by molar-refractivity contribution is 0.263. The van der Waals surface area contributed by atoms with Crippen molar-refractivity contribution < 1.29 is 4.74 Å². The molecule has 0 aromatic heterocycles. The molecular formula is C35H64Cl4N4O. The summed E-state index contributed by atoms with van der Waals surface area (Å²) in [7, 11) is 13.1. The molecule has 5 nitrogen and oxygen atoms in total. The fourth-order valence-electron chi connectivity index (χ4n) is 5.36. The van der Waals surface area contributed by atoms with Gasteiger partial charge < -0.3 is 24.3 Å². The second-order valence-electron chi connectivity index (χ2n) is 12.4. The smallest absolute Gasteiger partial charge is 0.128 e. The van der Waals surface area contributed by atoms with Crippen LogP contribution in [0, 0.1) is 6.92 Å².